The Morgan fingerprint density at radius 3 is 2.19 bits per heavy atom. The molecule has 144 valence electrons. The summed E-state index contributed by atoms with van der Waals surface area (Å²) in [6, 6.07) is 12.4. The molecule has 2 aromatic carbocycles. The summed E-state index contributed by atoms with van der Waals surface area (Å²) < 4.78 is 5.60. The second kappa shape index (κ2) is 8.71. The Labute approximate surface area is 167 Å². The standard InChI is InChI=1S/C20H20Cl2O5/c21-14-7-12(8-15(22)9-14)5-4-11-2-1-3-13(6-11)20-19(26)18(25)17(24)16(10-23)27-20/h1-9,16-20,23-26H,10H2. The van der Waals surface area contributed by atoms with Crippen molar-refractivity contribution in [1.29, 1.82) is 0 Å². The summed E-state index contributed by atoms with van der Waals surface area (Å²) in [6.45, 7) is -0.462. The molecule has 5 unspecified atom stereocenters. The van der Waals surface area contributed by atoms with Crippen LogP contribution in [0.1, 0.15) is 22.8 Å². The fourth-order valence-corrected chi connectivity index (χ4v) is 3.62. The average Bonchev–Trinajstić information content (AvgIpc) is 2.64. The van der Waals surface area contributed by atoms with E-state index in [1.165, 1.54) is 0 Å². The van der Waals surface area contributed by atoms with E-state index < -0.39 is 37.1 Å². The van der Waals surface area contributed by atoms with Crippen LogP contribution in [0.3, 0.4) is 0 Å². The summed E-state index contributed by atoms with van der Waals surface area (Å²) >= 11 is 12.0. The Morgan fingerprint density at radius 1 is 0.852 bits per heavy atom. The van der Waals surface area contributed by atoms with Crippen molar-refractivity contribution in [3.8, 4) is 0 Å². The molecule has 0 aromatic heterocycles. The minimum Gasteiger partial charge on any atom is -0.394 e. The minimum atomic E-state index is -1.41. The van der Waals surface area contributed by atoms with Crippen LogP contribution in [0.25, 0.3) is 12.2 Å². The van der Waals surface area contributed by atoms with Crippen LogP contribution in [0, 0.1) is 0 Å². The van der Waals surface area contributed by atoms with E-state index in [1.807, 2.05) is 18.2 Å². The fourth-order valence-electron chi connectivity index (χ4n) is 3.08. The van der Waals surface area contributed by atoms with E-state index in [9.17, 15) is 20.4 Å². The normalized spacial score (nSPS) is 28.6. The van der Waals surface area contributed by atoms with Gasteiger partial charge in [0.1, 0.15) is 30.5 Å². The first-order valence-electron chi connectivity index (χ1n) is 8.43. The summed E-state index contributed by atoms with van der Waals surface area (Å²) in [5.74, 6) is 0. The summed E-state index contributed by atoms with van der Waals surface area (Å²) in [5, 5.41) is 40.6. The van der Waals surface area contributed by atoms with Crippen molar-refractivity contribution >= 4 is 35.4 Å². The Bertz CT molecular complexity index is 804. The van der Waals surface area contributed by atoms with Crippen molar-refractivity contribution < 1.29 is 25.2 Å². The molecule has 1 saturated heterocycles. The molecule has 27 heavy (non-hydrogen) atoms. The SMILES string of the molecule is OCC1OC(c2cccc(C=Cc3cc(Cl)cc(Cl)c3)c2)C(O)C(O)C1O. The van der Waals surface area contributed by atoms with Crippen LogP contribution in [-0.2, 0) is 4.74 Å². The molecular weight excluding hydrogens is 391 g/mol. The zero-order valence-corrected chi connectivity index (χ0v) is 15.8. The molecular formula is C20H20Cl2O5. The molecule has 0 bridgehead atoms. The lowest BCUT2D eigenvalue weighted by Crippen LogP contribution is -2.55. The highest BCUT2D eigenvalue weighted by molar-refractivity contribution is 6.34. The molecule has 0 saturated carbocycles. The van der Waals surface area contributed by atoms with E-state index in [2.05, 4.69) is 0 Å². The van der Waals surface area contributed by atoms with E-state index in [0.717, 1.165) is 11.1 Å². The number of aliphatic hydroxyl groups is 4. The van der Waals surface area contributed by atoms with Gasteiger partial charge < -0.3 is 25.2 Å². The average molecular weight is 411 g/mol. The van der Waals surface area contributed by atoms with Crippen molar-refractivity contribution in [3.05, 3.63) is 69.2 Å². The molecule has 1 fully saturated rings. The molecule has 2 aromatic rings. The molecule has 4 N–H and O–H groups in total. The van der Waals surface area contributed by atoms with Crippen molar-refractivity contribution in [2.45, 2.75) is 30.5 Å². The van der Waals surface area contributed by atoms with Crippen LogP contribution >= 0.6 is 23.2 Å². The third kappa shape index (κ3) is 4.70. The first-order valence-corrected chi connectivity index (χ1v) is 9.19. The van der Waals surface area contributed by atoms with Crippen molar-refractivity contribution in [2.24, 2.45) is 0 Å². The third-order valence-corrected chi connectivity index (χ3v) is 4.92. The molecule has 0 aliphatic carbocycles. The van der Waals surface area contributed by atoms with Crippen LogP contribution in [0.4, 0.5) is 0 Å². The van der Waals surface area contributed by atoms with Crippen LogP contribution in [0.15, 0.2) is 42.5 Å². The smallest absolute Gasteiger partial charge is 0.113 e. The van der Waals surface area contributed by atoms with Gasteiger partial charge in [-0.15, -0.1) is 0 Å². The molecule has 5 nitrogen and oxygen atoms in total. The van der Waals surface area contributed by atoms with Crippen LogP contribution in [0.5, 0.6) is 0 Å². The molecule has 3 rings (SSSR count). The summed E-state index contributed by atoms with van der Waals surface area (Å²) in [6.07, 6.45) is -2.20. The molecule has 1 heterocycles. The Hall–Kier alpha value is -1.44. The molecule has 0 spiro atoms. The largest absolute Gasteiger partial charge is 0.394 e. The Morgan fingerprint density at radius 2 is 1.52 bits per heavy atom. The van der Waals surface area contributed by atoms with Crippen molar-refractivity contribution in [3.63, 3.8) is 0 Å². The lowest BCUT2D eigenvalue weighted by molar-refractivity contribution is -0.231. The van der Waals surface area contributed by atoms with Gasteiger partial charge in [-0.1, -0.05) is 53.6 Å². The molecule has 0 radical (unpaired) electrons. The maximum atomic E-state index is 10.3. The van der Waals surface area contributed by atoms with Gasteiger partial charge in [-0.25, -0.2) is 0 Å². The maximum Gasteiger partial charge on any atom is 0.113 e. The highest BCUT2D eigenvalue weighted by Crippen LogP contribution is 2.33. The van der Waals surface area contributed by atoms with Crippen LogP contribution < -0.4 is 0 Å². The Kier molecular flexibility index (Phi) is 6.55. The van der Waals surface area contributed by atoms with E-state index >= 15 is 0 Å². The monoisotopic (exact) mass is 410 g/mol. The number of hydrogen-bond acceptors (Lipinski definition) is 5. The third-order valence-electron chi connectivity index (χ3n) is 4.48. The summed E-state index contributed by atoms with van der Waals surface area (Å²) in [5.41, 5.74) is 2.30. The highest BCUT2D eigenvalue weighted by Gasteiger charge is 2.43. The summed E-state index contributed by atoms with van der Waals surface area (Å²) in [4.78, 5) is 0. The minimum absolute atomic E-state index is 0.462. The molecule has 7 heteroatoms. The number of aliphatic hydroxyl groups excluding tert-OH is 4. The lowest BCUT2D eigenvalue weighted by atomic mass is 9.90. The van der Waals surface area contributed by atoms with Gasteiger partial charge in [0.25, 0.3) is 0 Å². The number of hydrogen-bond donors (Lipinski definition) is 4. The molecule has 5 atom stereocenters. The number of halogens is 2. The van der Waals surface area contributed by atoms with E-state index in [1.54, 1.807) is 36.4 Å². The van der Waals surface area contributed by atoms with E-state index in [0.29, 0.717) is 15.6 Å². The highest BCUT2D eigenvalue weighted by atomic mass is 35.5. The van der Waals surface area contributed by atoms with Gasteiger partial charge in [-0.05, 0) is 41.0 Å². The molecule has 0 amide bonds. The van der Waals surface area contributed by atoms with E-state index in [4.69, 9.17) is 27.9 Å². The van der Waals surface area contributed by atoms with Gasteiger partial charge in [0.15, 0.2) is 0 Å². The fraction of sp³-hybridized carbons (Fsp3) is 0.300. The van der Waals surface area contributed by atoms with Crippen molar-refractivity contribution in [1.82, 2.24) is 0 Å². The van der Waals surface area contributed by atoms with Crippen LogP contribution in [-0.4, -0.2) is 51.4 Å². The predicted octanol–water partition coefficient (Wildman–Crippen LogP) is 2.68. The second-order valence-electron chi connectivity index (χ2n) is 6.46. The van der Waals surface area contributed by atoms with Gasteiger partial charge in [0.05, 0.1) is 6.61 Å². The summed E-state index contributed by atoms with van der Waals surface area (Å²) in [7, 11) is 0. The van der Waals surface area contributed by atoms with Gasteiger partial charge in [-0.3, -0.25) is 0 Å². The molecule has 1 aliphatic rings. The van der Waals surface area contributed by atoms with Gasteiger partial charge in [-0.2, -0.15) is 0 Å². The number of benzene rings is 2. The maximum absolute atomic E-state index is 10.3. The van der Waals surface area contributed by atoms with Crippen molar-refractivity contribution in [2.75, 3.05) is 6.61 Å². The Balaban J connectivity index is 1.83. The zero-order valence-electron chi connectivity index (χ0n) is 14.2. The topological polar surface area (TPSA) is 90.2 Å². The first kappa shape index (κ1) is 20.3. The van der Waals surface area contributed by atoms with Gasteiger partial charge in [0.2, 0.25) is 0 Å². The lowest BCUT2D eigenvalue weighted by Gasteiger charge is -2.40. The zero-order chi connectivity index (χ0) is 19.6. The second-order valence-corrected chi connectivity index (χ2v) is 7.33. The predicted molar refractivity (Wildman–Crippen MR) is 105 cm³/mol. The van der Waals surface area contributed by atoms with Gasteiger partial charge >= 0.3 is 0 Å². The number of ether oxygens (including phenoxy) is 1. The first-order chi connectivity index (χ1) is 12.9. The quantitative estimate of drug-likeness (QED) is 0.581. The van der Waals surface area contributed by atoms with Crippen LogP contribution in [0.2, 0.25) is 10.0 Å². The number of rotatable bonds is 4. The van der Waals surface area contributed by atoms with Gasteiger partial charge in [0, 0.05) is 10.0 Å². The molecule has 1 aliphatic heterocycles. The van der Waals surface area contributed by atoms with E-state index in [-0.39, 0.29) is 0 Å².